The van der Waals surface area contributed by atoms with Crippen LogP contribution in [0.15, 0.2) is 12.2 Å². The van der Waals surface area contributed by atoms with Gasteiger partial charge in [0.1, 0.15) is 0 Å². The van der Waals surface area contributed by atoms with Gasteiger partial charge in [0.25, 0.3) is 0 Å². The molecule has 2 fully saturated rings. The number of hydrogen-bond acceptors (Lipinski definition) is 0. The third kappa shape index (κ3) is 3.55. The van der Waals surface area contributed by atoms with Crippen molar-refractivity contribution in [2.75, 3.05) is 26.7 Å². The lowest BCUT2D eigenvalue weighted by atomic mass is 9.86. The topological polar surface area (TPSA) is 0 Å². The van der Waals surface area contributed by atoms with E-state index in [1.54, 1.807) is 0 Å². The molecule has 0 spiro atoms. The van der Waals surface area contributed by atoms with Crippen LogP contribution in [0.3, 0.4) is 0 Å². The maximum Gasteiger partial charge on any atom is 0.0824 e. The normalized spacial score (nSPS) is 40.1. The van der Waals surface area contributed by atoms with E-state index >= 15 is 0 Å². The van der Waals surface area contributed by atoms with Crippen molar-refractivity contribution in [3.63, 3.8) is 0 Å². The summed E-state index contributed by atoms with van der Waals surface area (Å²) in [6.07, 6.45) is 18.2. The Hall–Kier alpha value is -0.300. The van der Waals surface area contributed by atoms with E-state index in [9.17, 15) is 0 Å². The number of rotatable bonds is 9. The first-order chi connectivity index (χ1) is 10.2. The first kappa shape index (κ1) is 15.6. The molecular weight excluding hydrogens is 254 g/mol. The Labute approximate surface area is 132 Å². The second kappa shape index (κ2) is 6.86. The standard InChI is InChI=1S/C20H36N/c1-3-4-5-6-7-8-9-10-13-21(2)15-19-17-11-12-18(14-17)20(19)16-21/h11-12,17-20H,3-10,13-16H2,1-2H3/q+1/t17-,18-,19-,20+,21?/m0/s1. The van der Waals surface area contributed by atoms with Crippen molar-refractivity contribution in [3.05, 3.63) is 12.2 Å². The quantitative estimate of drug-likeness (QED) is 0.317. The van der Waals surface area contributed by atoms with Crippen LogP contribution in [-0.2, 0) is 0 Å². The minimum Gasteiger partial charge on any atom is -0.326 e. The van der Waals surface area contributed by atoms with Crippen LogP contribution in [0.5, 0.6) is 0 Å². The average molecular weight is 291 g/mol. The molecule has 0 aromatic heterocycles. The summed E-state index contributed by atoms with van der Waals surface area (Å²) in [4.78, 5) is 0. The van der Waals surface area contributed by atoms with E-state index in [-0.39, 0.29) is 0 Å². The molecule has 0 N–H and O–H groups in total. The lowest BCUT2D eigenvalue weighted by Crippen LogP contribution is -2.43. The Balaban J connectivity index is 1.30. The molecule has 2 aliphatic carbocycles. The van der Waals surface area contributed by atoms with Crippen LogP contribution in [-0.4, -0.2) is 31.2 Å². The molecule has 1 saturated heterocycles. The van der Waals surface area contributed by atoms with Crippen LogP contribution >= 0.6 is 0 Å². The molecule has 3 aliphatic rings. The first-order valence-corrected chi connectivity index (χ1v) is 9.74. The molecule has 0 radical (unpaired) electrons. The minimum atomic E-state index is 0.957. The highest BCUT2D eigenvalue weighted by Crippen LogP contribution is 2.52. The molecule has 0 amide bonds. The van der Waals surface area contributed by atoms with Gasteiger partial charge in [0.15, 0.2) is 0 Å². The van der Waals surface area contributed by atoms with Gasteiger partial charge in [-0.1, -0.05) is 57.6 Å². The van der Waals surface area contributed by atoms with Crippen LogP contribution in [0.25, 0.3) is 0 Å². The summed E-state index contributed by atoms with van der Waals surface area (Å²) in [7, 11) is 2.54. The summed E-state index contributed by atoms with van der Waals surface area (Å²) in [5, 5.41) is 0. The van der Waals surface area contributed by atoms with Crippen molar-refractivity contribution in [2.45, 2.75) is 64.7 Å². The average Bonchev–Trinajstić information content (AvgIpc) is 3.13. The Bertz CT molecular complexity index is 339. The molecule has 3 rings (SSSR count). The third-order valence-corrected chi connectivity index (χ3v) is 6.65. The highest BCUT2D eigenvalue weighted by Gasteiger charge is 2.54. The van der Waals surface area contributed by atoms with Gasteiger partial charge in [-0.3, -0.25) is 0 Å². The predicted molar refractivity (Wildman–Crippen MR) is 91.1 cm³/mol. The van der Waals surface area contributed by atoms with Crippen molar-refractivity contribution in [1.82, 2.24) is 0 Å². The number of unbranched alkanes of at least 4 members (excludes halogenated alkanes) is 7. The van der Waals surface area contributed by atoms with Crippen molar-refractivity contribution < 1.29 is 4.48 Å². The van der Waals surface area contributed by atoms with E-state index in [0.29, 0.717) is 0 Å². The second-order valence-electron chi connectivity index (χ2n) is 8.46. The predicted octanol–water partition coefficient (Wildman–Crippen LogP) is 5.03. The van der Waals surface area contributed by atoms with Gasteiger partial charge in [0, 0.05) is 11.8 Å². The molecule has 0 aromatic rings. The van der Waals surface area contributed by atoms with Crippen molar-refractivity contribution in [3.8, 4) is 0 Å². The van der Waals surface area contributed by atoms with Gasteiger partial charge in [0.2, 0.25) is 0 Å². The number of nitrogens with zero attached hydrogens (tertiary/aromatic N) is 1. The Morgan fingerprint density at radius 2 is 1.33 bits per heavy atom. The lowest BCUT2D eigenvalue weighted by molar-refractivity contribution is -0.901. The van der Waals surface area contributed by atoms with E-state index in [2.05, 4.69) is 26.1 Å². The Kier molecular flexibility index (Phi) is 5.09. The van der Waals surface area contributed by atoms with Gasteiger partial charge in [-0.2, -0.15) is 0 Å². The first-order valence-electron chi connectivity index (χ1n) is 9.74. The summed E-state index contributed by atoms with van der Waals surface area (Å²) < 4.78 is 1.39. The lowest BCUT2D eigenvalue weighted by Gasteiger charge is -2.31. The zero-order valence-electron chi connectivity index (χ0n) is 14.4. The Morgan fingerprint density at radius 3 is 1.90 bits per heavy atom. The molecule has 1 saturated carbocycles. The Morgan fingerprint density at radius 1 is 0.810 bits per heavy atom. The van der Waals surface area contributed by atoms with Gasteiger partial charge in [0.05, 0.1) is 26.7 Å². The molecule has 1 heterocycles. The number of fused-ring (bicyclic) bond motifs is 5. The molecular formula is C20H36N+. The molecule has 1 heteroatoms. The molecule has 1 nitrogen and oxygen atoms in total. The SMILES string of the molecule is CCCCCCCCCC[N+]1(C)C[C@@H]2[C@H](C1)[C@H]1C=C[C@H]2C1. The van der Waals surface area contributed by atoms with Crippen LogP contribution in [0.4, 0.5) is 0 Å². The maximum atomic E-state index is 2.54. The van der Waals surface area contributed by atoms with E-state index < -0.39 is 0 Å². The third-order valence-electron chi connectivity index (χ3n) is 6.65. The number of hydrogen-bond donors (Lipinski definition) is 0. The second-order valence-corrected chi connectivity index (χ2v) is 8.46. The smallest absolute Gasteiger partial charge is 0.0824 e. The highest BCUT2D eigenvalue weighted by molar-refractivity contribution is 5.14. The summed E-state index contributed by atoms with van der Waals surface area (Å²) in [6, 6.07) is 0. The number of quaternary nitrogens is 1. The van der Waals surface area contributed by atoms with Crippen LogP contribution in [0.2, 0.25) is 0 Å². The van der Waals surface area contributed by atoms with Crippen LogP contribution < -0.4 is 0 Å². The van der Waals surface area contributed by atoms with E-state index in [0.717, 1.165) is 23.7 Å². The number of allylic oxidation sites excluding steroid dienone is 2. The zero-order chi connectivity index (χ0) is 14.7. The van der Waals surface area contributed by atoms with Crippen molar-refractivity contribution in [2.24, 2.45) is 23.7 Å². The van der Waals surface area contributed by atoms with Gasteiger partial charge >= 0.3 is 0 Å². The molecule has 2 bridgehead atoms. The van der Waals surface area contributed by atoms with E-state index in [1.807, 2.05) is 0 Å². The van der Waals surface area contributed by atoms with E-state index in [4.69, 9.17) is 0 Å². The summed E-state index contributed by atoms with van der Waals surface area (Å²) in [5.74, 6) is 4.00. The zero-order valence-corrected chi connectivity index (χ0v) is 14.4. The van der Waals surface area contributed by atoms with Crippen LogP contribution in [0, 0.1) is 23.7 Å². The monoisotopic (exact) mass is 290 g/mol. The van der Waals surface area contributed by atoms with Gasteiger partial charge < -0.3 is 4.48 Å². The molecule has 120 valence electrons. The number of likely N-dealkylation sites (tertiary alicyclic amines) is 1. The summed E-state index contributed by atoms with van der Waals surface area (Å²) in [5.41, 5.74) is 0. The molecule has 21 heavy (non-hydrogen) atoms. The van der Waals surface area contributed by atoms with Crippen LogP contribution in [0.1, 0.15) is 64.7 Å². The molecule has 5 atom stereocenters. The maximum absolute atomic E-state index is 2.54. The minimum absolute atomic E-state index is 0.957. The molecule has 0 aromatic carbocycles. The fourth-order valence-electron chi connectivity index (χ4n) is 5.47. The largest absolute Gasteiger partial charge is 0.326 e. The summed E-state index contributed by atoms with van der Waals surface area (Å²) in [6.45, 7) is 6.71. The molecule has 1 unspecified atom stereocenters. The van der Waals surface area contributed by atoms with Crippen molar-refractivity contribution in [1.29, 1.82) is 0 Å². The summed E-state index contributed by atoms with van der Waals surface area (Å²) >= 11 is 0. The molecule has 1 aliphatic heterocycles. The van der Waals surface area contributed by atoms with E-state index in [1.165, 1.54) is 81.9 Å². The highest BCUT2D eigenvalue weighted by atomic mass is 15.4. The fraction of sp³-hybridized carbons (Fsp3) is 0.900. The van der Waals surface area contributed by atoms with Gasteiger partial charge in [-0.25, -0.2) is 0 Å². The van der Waals surface area contributed by atoms with Gasteiger partial charge in [-0.05, 0) is 31.1 Å². The van der Waals surface area contributed by atoms with Gasteiger partial charge in [-0.15, -0.1) is 0 Å². The van der Waals surface area contributed by atoms with Crippen molar-refractivity contribution >= 4 is 0 Å². The fourth-order valence-corrected chi connectivity index (χ4v) is 5.47.